The van der Waals surface area contributed by atoms with Gasteiger partial charge < -0.3 is 19.9 Å². The van der Waals surface area contributed by atoms with Crippen molar-refractivity contribution in [3.63, 3.8) is 0 Å². The molecule has 3 aromatic rings. The number of hydrogen-bond donors (Lipinski definition) is 1. The van der Waals surface area contributed by atoms with Crippen molar-refractivity contribution in [3.05, 3.63) is 42.9 Å². The van der Waals surface area contributed by atoms with Crippen LogP contribution in [0.3, 0.4) is 0 Å². The van der Waals surface area contributed by atoms with Gasteiger partial charge in [0, 0.05) is 81.2 Å². The molecule has 0 saturated carbocycles. The van der Waals surface area contributed by atoms with Gasteiger partial charge in [-0.15, -0.1) is 0 Å². The Morgan fingerprint density at radius 1 is 0.968 bits per heavy atom. The van der Waals surface area contributed by atoms with Crippen LogP contribution in [0.5, 0.6) is 0 Å². The molecule has 1 N–H and O–H groups in total. The summed E-state index contributed by atoms with van der Waals surface area (Å²) in [6, 6.07) is 8.48. The van der Waals surface area contributed by atoms with Crippen LogP contribution in [0.2, 0.25) is 0 Å². The van der Waals surface area contributed by atoms with Crippen molar-refractivity contribution >= 4 is 22.5 Å². The minimum atomic E-state index is 0.673. The Bertz CT molecular complexity index is 1010. The number of fused-ring (bicyclic) bond motifs is 1. The number of nitrogens with one attached hydrogen (secondary N) is 1. The van der Waals surface area contributed by atoms with Crippen LogP contribution in [-0.2, 0) is 4.74 Å². The van der Waals surface area contributed by atoms with E-state index in [9.17, 15) is 0 Å². The summed E-state index contributed by atoms with van der Waals surface area (Å²) >= 11 is 0. The van der Waals surface area contributed by atoms with Gasteiger partial charge in [-0.2, -0.15) is 0 Å². The summed E-state index contributed by atoms with van der Waals surface area (Å²) in [5.74, 6) is 1.49. The smallest absolute Gasteiger partial charge is 0.225 e. The Labute approximate surface area is 183 Å². The molecule has 5 rings (SSSR count). The average Bonchev–Trinajstić information content (AvgIpc) is 2.83. The number of benzene rings is 1. The van der Waals surface area contributed by atoms with Crippen molar-refractivity contribution in [3.8, 4) is 11.1 Å². The molecule has 0 unspecified atom stereocenters. The quantitative estimate of drug-likeness (QED) is 0.682. The monoisotopic (exact) mass is 418 g/mol. The number of likely N-dealkylation sites (N-methyl/N-ethyl adjacent to an activating group) is 1. The molecule has 4 heterocycles. The van der Waals surface area contributed by atoms with E-state index in [-0.39, 0.29) is 0 Å². The Kier molecular flexibility index (Phi) is 5.95. The van der Waals surface area contributed by atoms with Gasteiger partial charge in [0.25, 0.3) is 0 Å². The van der Waals surface area contributed by atoms with E-state index < -0.39 is 0 Å². The summed E-state index contributed by atoms with van der Waals surface area (Å²) < 4.78 is 5.47. The zero-order chi connectivity index (χ0) is 21.0. The predicted octanol–water partition coefficient (Wildman–Crippen LogP) is 3.28. The molecule has 0 aliphatic carbocycles. The lowest BCUT2D eigenvalue weighted by molar-refractivity contribution is 0.0699. The van der Waals surface area contributed by atoms with Gasteiger partial charge in [0.2, 0.25) is 5.95 Å². The lowest BCUT2D eigenvalue weighted by atomic mass is 10.00. The highest BCUT2D eigenvalue weighted by atomic mass is 16.5. The van der Waals surface area contributed by atoms with E-state index in [1.165, 1.54) is 0 Å². The Morgan fingerprint density at radius 2 is 1.74 bits per heavy atom. The van der Waals surface area contributed by atoms with Gasteiger partial charge in [-0.25, -0.2) is 9.97 Å². The second-order valence-electron chi connectivity index (χ2n) is 8.59. The number of nitrogens with zero attached hydrogens (tertiary/aromatic N) is 5. The number of pyridine rings is 1. The van der Waals surface area contributed by atoms with Gasteiger partial charge in [0.05, 0.1) is 5.52 Å². The highest BCUT2D eigenvalue weighted by Gasteiger charge is 2.17. The maximum atomic E-state index is 5.47. The van der Waals surface area contributed by atoms with Crippen molar-refractivity contribution < 1.29 is 4.74 Å². The van der Waals surface area contributed by atoms with Crippen LogP contribution < -0.4 is 10.2 Å². The third-order valence-corrected chi connectivity index (χ3v) is 6.42. The molecule has 162 valence electrons. The summed E-state index contributed by atoms with van der Waals surface area (Å²) in [5.41, 5.74) is 4.23. The van der Waals surface area contributed by atoms with E-state index in [2.05, 4.69) is 61.4 Å². The molecule has 0 atom stereocenters. The molecule has 2 aliphatic rings. The molecule has 1 aromatic carbocycles. The van der Waals surface area contributed by atoms with Crippen molar-refractivity contribution in [1.82, 2.24) is 19.9 Å². The Hall–Kier alpha value is -2.77. The van der Waals surface area contributed by atoms with Gasteiger partial charge in [0.15, 0.2) is 0 Å². The first-order chi connectivity index (χ1) is 15.3. The number of piperazine rings is 1. The fraction of sp³-hybridized carbons (Fsp3) is 0.458. The number of ether oxygens (including phenoxy) is 1. The normalized spacial score (nSPS) is 18.4. The zero-order valence-electron chi connectivity index (χ0n) is 18.1. The molecule has 7 nitrogen and oxygen atoms in total. The summed E-state index contributed by atoms with van der Waals surface area (Å²) in [7, 11) is 2.15. The van der Waals surface area contributed by atoms with Crippen LogP contribution >= 0.6 is 0 Å². The summed E-state index contributed by atoms with van der Waals surface area (Å²) in [5, 5.41) is 4.78. The second-order valence-corrected chi connectivity index (χ2v) is 8.59. The first kappa shape index (κ1) is 20.2. The highest BCUT2D eigenvalue weighted by molar-refractivity contribution is 5.93. The van der Waals surface area contributed by atoms with Crippen LogP contribution in [0.4, 0.5) is 11.6 Å². The van der Waals surface area contributed by atoms with Gasteiger partial charge in [-0.05, 0) is 43.5 Å². The molecular formula is C24H30N6O. The van der Waals surface area contributed by atoms with Crippen molar-refractivity contribution in [1.29, 1.82) is 0 Å². The number of rotatable bonds is 5. The Morgan fingerprint density at radius 3 is 2.52 bits per heavy atom. The van der Waals surface area contributed by atoms with Crippen LogP contribution in [-0.4, -0.2) is 72.8 Å². The predicted molar refractivity (Wildman–Crippen MR) is 125 cm³/mol. The maximum Gasteiger partial charge on any atom is 0.225 e. The molecule has 0 radical (unpaired) electrons. The zero-order valence-corrected chi connectivity index (χ0v) is 18.1. The molecule has 2 saturated heterocycles. The fourth-order valence-corrected chi connectivity index (χ4v) is 4.33. The van der Waals surface area contributed by atoms with Crippen LogP contribution in [0.25, 0.3) is 22.0 Å². The molecule has 31 heavy (non-hydrogen) atoms. The van der Waals surface area contributed by atoms with Crippen molar-refractivity contribution in [2.75, 3.05) is 63.2 Å². The molecule has 0 amide bonds. The summed E-state index contributed by atoms with van der Waals surface area (Å²) in [6.07, 6.45) is 7.99. The maximum absolute atomic E-state index is 5.47. The molecule has 0 bridgehead atoms. The molecule has 2 aliphatic heterocycles. The van der Waals surface area contributed by atoms with Crippen LogP contribution in [0, 0.1) is 5.92 Å². The van der Waals surface area contributed by atoms with E-state index in [0.29, 0.717) is 5.92 Å². The number of anilines is 2. The van der Waals surface area contributed by atoms with E-state index in [4.69, 9.17) is 4.74 Å². The van der Waals surface area contributed by atoms with Gasteiger partial charge >= 0.3 is 0 Å². The minimum absolute atomic E-state index is 0.673. The Balaban J connectivity index is 1.31. The van der Waals surface area contributed by atoms with E-state index in [1.54, 1.807) is 0 Å². The van der Waals surface area contributed by atoms with Gasteiger partial charge in [-0.1, -0.05) is 12.1 Å². The number of aromatic nitrogens is 3. The minimum Gasteiger partial charge on any atom is -0.384 e. The second kappa shape index (κ2) is 9.16. The summed E-state index contributed by atoms with van der Waals surface area (Å²) in [6.45, 7) is 6.77. The lowest BCUT2D eigenvalue weighted by Crippen LogP contribution is -2.45. The molecule has 2 aromatic heterocycles. The molecule has 2 fully saturated rings. The van der Waals surface area contributed by atoms with E-state index in [0.717, 1.165) is 92.4 Å². The van der Waals surface area contributed by atoms with Gasteiger partial charge in [-0.3, -0.25) is 4.98 Å². The SMILES string of the molecule is CN1CCN(c2ncc(-c3ccc4c(NCC5CCOCC5)ccnc4c3)cn2)CC1. The molecular weight excluding hydrogens is 388 g/mol. The molecule has 0 spiro atoms. The first-order valence-corrected chi connectivity index (χ1v) is 11.2. The van der Waals surface area contributed by atoms with E-state index in [1.807, 2.05) is 18.6 Å². The fourth-order valence-electron chi connectivity index (χ4n) is 4.33. The summed E-state index contributed by atoms with van der Waals surface area (Å²) in [4.78, 5) is 18.5. The van der Waals surface area contributed by atoms with Crippen LogP contribution in [0.15, 0.2) is 42.9 Å². The van der Waals surface area contributed by atoms with E-state index >= 15 is 0 Å². The third-order valence-electron chi connectivity index (χ3n) is 6.42. The highest BCUT2D eigenvalue weighted by Crippen LogP contribution is 2.28. The standard InChI is InChI=1S/C24H30N6O/c1-29-8-10-30(11-9-29)24-27-16-20(17-28-24)19-2-3-21-22(4-7-25-23(21)14-19)26-15-18-5-12-31-13-6-18/h2-4,7,14,16-18H,5-6,8-13,15H2,1H3,(H,25,26). The number of hydrogen-bond acceptors (Lipinski definition) is 7. The average molecular weight is 419 g/mol. The van der Waals surface area contributed by atoms with Crippen molar-refractivity contribution in [2.24, 2.45) is 5.92 Å². The van der Waals surface area contributed by atoms with Crippen LogP contribution in [0.1, 0.15) is 12.8 Å². The molecule has 7 heteroatoms. The van der Waals surface area contributed by atoms with Gasteiger partial charge in [0.1, 0.15) is 0 Å². The third kappa shape index (κ3) is 4.62. The first-order valence-electron chi connectivity index (χ1n) is 11.2. The lowest BCUT2D eigenvalue weighted by Gasteiger charge is -2.32. The topological polar surface area (TPSA) is 66.4 Å². The largest absolute Gasteiger partial charge is 0.384 e. The van der Waals surface area contributed by atoms with Crippen molar-refractivity contribution in [2.45, 2.75) is 12.8 Å².